The summed E-state index contributed by atoms with van der Waals surface area (Å²) in [5.41, 5.74) is 1.42. The molecule has 0 saturated carbocycles. The number of hydrogen-bond donors (Lipinski definition) is 0. The Morgan fingerprint density at radius 3 is 2.85 bits per heavy atom. The third-order valence-electron chi connectivity index (χ3n) is 4.74. The van der Waals surface area contributed by atoms with Crippen molar-refractivity contribution in [1.82, 2.24) is 15.0 Å². The van der Waals surface area contributed by atoms with Gasteiger partial charge in [0.05, 0.1) is 0 Å². The Labute approximate surface area is 118 Å². The van der Waals surface area contributed by atoms with Gasteiger partial charge in [-0.3, -0.25) is 4.90 Å². The summed E-state index contributed by atoms with van der Waals surface area (Å²) >= 11 is 0. The van der Waals surface area contributed by atoms with E-state index in [4.69, 9.17) is 4.52 Å². The summed E-state index contributed by atoms with van der Waals surface area (Å²) in [5.74, 6) is 1.99. The zero-order valence-electron chi connectivity index (χ0n) is 11.7. The Balaban J connectivity index is 1.67. The smallest absolute Gasteiger partial charge is 0.223 e. The molecule has 2 fully saturated rings. The zero-order valence-corrected chi connectivity index (χ0v) is 11.7. The molecule has 2 saturated heterocycles. The maximum absolute atomic E-state index is 5.19. The quantitative estimate of drug-likeness (QED) is 0.840. The summed E-state index contributed by atoms with van der Waals surface area (Å²) in [4.78, 5) is 7.12. The van der Waals surface area contributed by atoms with E-state index >= 15 is 0 Å². The van der Waals surface area contributed by atoms with Crippen molar-refractivity contribution in [1.29, 1.82) is 0 Å². The van der Waals surface area contributed by atoms with Crippen molar-refractivity contribution < 1.29 is 4.52 Å². The first-order chi connectivity index (χ1) is 9.83. The first kappa shape index (κ1) is 12.1. The lowest BCUT2D eigenvalue weighted by atomic mass is 9.94. The van der Waals surface area contributed by atoms with E-state index in [2.05, 4.69) is 45.4 Å². The van der Waals surface area contributed by atoms with E-state index in [9.17, 15) is 0 Å². The van der Waals surface area contributed by atoms with Crippen LogP contribution in [-0.4, -0.2) is 27.6 Å². The van der Waals surface area contributed by atoms with Gasteiger partial charge in [-0.05, 0) is 31.4 Å². The molecule has 4 heteroatoms. The van der Waals surface area contributed by atoms with E-state index in [0.29, 0.717) is 23.9 Å². The van der Waals surface area contributed by atoms with E-state index in [1.165, 1.54) is 24.9 Å². The fourth-order valence-corrected chi connectivity index (χ4v) is 3.91. The molecule has 0 spiro atoms. The summed E-state index contributed by atoms with van der Waals surface area (Å²) in [6.45, 7) is 3.06. The molecule has 0 bridgehead atoms. The number of hydrogen-bond acceptors (Lipinski definition) is 4. The molecule has 1 aromatic carbocycles. The van der Waals surface area contributed by atoms with Crippen molar-refractivity contribution in [3.05, 3.63) is 47.6 Å². The van der Waals surface area contributed by atoms with Crippen LogP contribution in [0, 0.1) is 6.92 Å². The van der Waals surface area contributed by atoms with Crippen LogP contribution in [0.4, 0.5) is 0 Å². The third-order valence-corrected chi connectivity index (χ3v) is 4.74. The zero-order chi connectivity index (χ0) is 13.5. The van der Waals surface area contributed by atoms with Crippen LogP contribution in [0.15, 0.2) is 34.9 Å². The summed E-state index contributed by atoms with van der Waals surface area (Å²) in [5, 5.41) is 4.17. The standard InChI is InChI=1S/C16H19N3O/c1-11-17-16(18-20-11)13-10-15(12-6-3-2-4-7-12)19-9-5-8-14(13)19/h2-4,6-7,13-15H,5,8-10H2,1H3/t13-,14+,15-/m0/s1. The predicted octanol–water partition coefficient (Wildman–Crippen LogP) is 3.07. The van der Waals surface area contributed by atoms with Crippen molar-refractivity contribution >= 4 is 0 Å². The van der Waals surface area contributed by atoms with Crippen LogP contribution < -0.4 is 0 Å². The van der Waals surface area contributed by atoms with Crippen molar-refractivity contribution in [3.63, 3.8) is 0 Å². The Kier molecular flexibility index (Phi) is 2.84. The topological polar surface area (TPSA) is 42.2 Å². The van der Waals surface area contributed by atoms with Gasteiger partial charge in [0, 0.05) is 24.9 Å². The molecule has 4 nitrogen and oxygen atoms in total. The third kappa shape index (κ3) is 1.86. The average Bonchev–Trinajstić information content (AvgIpc) is 3.15. The molecule has 3 heterocycles. The van der Waals surface area contributed by atoms with Gasteiger partial charge in [-0.25, -0.2) is 0 Å². The normalized spacial score (nSPS) is 29.8. The number of nitrogens with zero attached hydrogens (tertiary/aromatic N) is 3. The average molecular weight is 269 g/mol. The minimum absolute atomic E-state index is 0.417. The summed E-state index contributed by atoms with van der Waals surface area (Å²) in [6.07, 6.45) is 3.64. The molecular formula is C16H19N3O. The molecule has 2 aliphatic rings. The lowest BCUT2D eigenvalue weighted by molar-refractivity contribution is 0.243. The van der Waals surface area contributed by atoms with E-state index in [-0.39, 0.29) is 0 Å². The van der Waals surface area contributed by atoms with Crippen LogP contribution in [0.1, 0.15) is 48.5 Å². The minimum atomic E-state index is 0.417. The second-order valence-electron chi connectivity index (χ2n) is 5.89. The first-order valence-corrected chi connectivity index (χ1v) is 7.44. The SMILES string of the molecule is Cc1nc([C@H]2C[C@@H](c3ccccc3)N3CCC[C@H]23)no1. The van der Waals surface area contributed by atoms with Crippen molar-refractivity contribution in [3.8, 4) is 0 Å². The Bertz CT molecular complexity index is 595. The highest BCUT2D eigenvalue weighted by atomic mass is 16.5. The minimum Gasteiger partial charge on any atom is -0.340 e. The molecule has 0 unspecified atom stereocenters. The molecule has 0 aliphatic carbocycles. The monoisotopic (exact) mass is 269 g/mol. The molecule has 2 aromatic rings. The van der Waals surface area contributed by atoms with Gasteiger partial charge < -0.3 is 4.52 Å². The van der Waals surface area contributed by atoms with Gasteiger partial charge in [0.2, 0.25) is 5.89 Å². The van der Waals surface area contributed by atoms with Crippen LogP contribution in [0.5, 0.6) is 0 Å². The summed E-state index contributed by atoms with van der Waals surface area (Å²) in [7, 11) is 0. The lowest BCUT2D eigenvalue weighted by Gasteiger charge is -2.24. The van der Waals surface area contributed by atoms with Crippen LogP contribution in [-0.2, 0) is 0 Å². The highest BCUT2D eigenvalue weighted by molar-refractivity contribution is 5.24. The predicted molar refractivity (Wildman–Crippen MR) is 75.3 cm³/mol. The number of benzene rings is 1. The fourth-order valence-electron chi connectivity index (χ4n) is 3.91. The highest BCUT2D eigenvalue weighted by Crippen LogP contribution is 2.48. The van der Waals surface area contributed by atoms with Crippen LogP contribution in [0.25, 0.3) is 0 Å². The number of fused-ring (bicyclic) bond motifs is 1. The molecule has 2 aliphatic heterocycles. The van der Waals surface area contributed by atoms with Gasteiger partial charge in [0.25, 0.3) is 0 Å². The number of aryl methyl sites for hydroxylation is 1. The second-order valence-corrected chi connectivity index (χ2v) is 5.89. The van der Waals surface area contributed by atoms with Gasteiger partial charge in [-0.1, -0.05) is 35.5 Å². The van der Waals surface area contributed by atoms with Gasteiger partial charge in [0.15, 0.2) is 5.82 Å². The molecular weight excluding hydrogens is 250 g/mol. The van der Waals surface area contributed by atoms with Gasteiger partial charge in [0.1, 0.15) is 0 Å². The van der Waals surface area contributed by atoms with E-state index in [1.54, 1.807) is 0 Å². The molecule has 0 amide bonds. The Morgan fingerprint density at radius 2 is 2.10 bits per heavy atom. The van der Waals surface area contributed by atoms with E-state index in [0.717, 1.165) is 12.2 Å². The van der Waals surface area contributed by atoms with Crippen molar-refractivity contribution in [2.75, 3.05) is 6.54 Å². The number of aromatic nitrogens is 2. The van der Waals surface area contributed by atoms with Crippen molar-refractivity contribution in [2.45, 2.75) is 44.2 Å². The molecule has 20 heavy (non-hydrogen) atoms. The van der Waals surface area contributed by atoms with Crippen LogP contribution in [0.2, 0.25) is 0 Å². The lowest BCUT2D eigenvalue weighted by Crippen LogP contribution is -2.27. The van der Waals surface area contributed by atoms with Crippen molar-refractivity contribution in [2.24, 2.45) is 0 Å². The maximum Gasteiger partial charge on any atom is 0.223 e. The van der Waals surface area contributed by atoms with Gasteiger partial charge in [-0.15, -0.1) is 0 Å². The maximum atomic E-state index is 5.19. The number of rotatable bonds is 2. The van der Waals surface area contributed by atoms with E-state index in [1.807, 2.05) is 6.92 Å². The fraction of sp³-hybridized carbons (Fsp3) is 0.500. The molecule has 1 aromatic heterocycles. The molecule has 0 radical (unpaired) electrons. The molecule has 3 atom stereocenters. The Morgan fingerprint density at radius 1 is 1.25 bits per heavy atom. The molecule has 104 valence electrons. The Hall–Kier alpha value is -1.68. The highest BCUT2D eigenvalue weighted by Gasteiger charge is 2.46. The molecule has 4 rings (SSSR count). The summed E-state index contributed by atoms with van der Waals surface area (Å²) < 4.78 is 5.19. The molecule has 0 N–H and O–H groups in total. The largest absolute Gasteiger partial charge is 0.340 e. The first-order valence-electron chi connectivity index (χ1n) is 7.44. The van der Waals surface area contributed by atoms with E-state index < -0.39 is 0 Å². The van der Waals surface area contributed by atoms with Gasteiger partial charge in [-0.2, -0.15) is 4.98 Å². The van der Waals surface area contributed by atoms with Crippen LogP contribution >= 0.6 is 0 Å². The summed E-state index contributed by atoms with van der Waals surface area (Å²) in [6, 6.07) is 11.9. The van der Waals surface area contributed by atoms with Crippen LogP contribution in [0.3, 0.4) is 0 Å². The van der Waals surface area contributed by atoms with Gasteiger partial charge >= 0.3 is 0 Å². The second kappa shape index (κ2) is 4.70.